The molecule has 0 amide bonds. The molecule has 1 N–H and O–H groups in total. The van der Waals surface area contributed by atoms with E-state index in [1.165, 1.54) is 17.8 Å². The lowest BCUT2D eigenvalue weighted by Gasteiger charge is -2.36. The monoisotopic (exact) mass is 380 g/mol. The Labute approximate surface area is 156 Å². The number of para-hydroxylation sites is 1. The predicted molar refractivity (Wildman–Crippen MR) is 98.0 cm³/mol. The van der Waals surface area contributed by atoms with Crippen LogP contribution in [0.3, 0.4) is 0 Å². The minimum absolute atomic E-state index is 0.0415. The molecule has 2 aromatic carbocycles. The van der Waals surface area contributed by atoms with Gasteiger partial charge in [0, 0.05) is 38.4 Å². The minimum atomic E-state index is -4.41. The highest BCUT2D eigenvalue weighted by atomic mass is 19.4. The molecule has 0 bridgehead atoms. The molecule has 146 valence electrons. The van der Waals surface area contributed by atoms with Crippen molar-refractivity contribution in [2.75, 3.05) is 44.2 Å². The van der Waals surface area contributed by atoms with E-state index in [9.17, 15) is 18.3 Å². The molecule has 1 aliphatic rings. The predicted octanol–water partition coefficient (Wildman–Crippen LogP) is 3.27. The zero-order chi connectivity index (χ0) is 19.3. The summed E-state index contributed by atoms with van der Waals surface area (Å²) < 4.78 is 43.5. The van der Waals surface area contributed by atoms with E-state index in [1.54, 1.807) is 0 Å². The van der Waals surface area contributed by atoms with E-state index in [-0.39, 0.29) is 12.4 Å². The Bertz CT molecular complexity index is 717. The highest BCUT2D eigenvalue weighted by molar-refractivity contribution is 5.46. The number of β-amino-alcohol motifs (C(OH)–C–C–N with tert-alkyl or cyclic N) is 1. The maximum absolute atomic E-state index is 12.7. The highest BCUT2D eigenvalue weighted by Crippen LogP contribution is 2.31. The molecule has 0 aromatic heterocycles. The summed E-state index contributed by atoms with van der Waals surface area (Å²) in [6.45, 7) is 3.75. The Balaban J connectivity index is 1.43. The van der Waals surface area contributed by atoms with E-state index in [0.717, 1.165) is 38.3 Å². The van der Waals surface area contributed by atoms with Gasteiger partial charge in [-0.2, -0.15) is 13.2 Å². The van der Waals surface area contributed by atoms with Crippen LogP contribution in [0.15, 0.2) is 54.6 Å². The molecule has 0 aliphatic carbocycles. The van der Waals surface area contributed by atoms with Crippen LogP contribution in [0.1, 0.15) is 5.56 Å². The second-order valence-corrected chi connectivity index (χ2v) is 6.61. The number of anilines is 1. The smallest absolute Gasteiger partial charge is 0.416 e. The van der Waals surface area contributed by atoms with Gasteiger partial charge >= 0.3 is 6.18 Å². The van der Waals surface area contributed by atoms with Crippen molar-refractivity contribution in [1.82, 2.24) is 4.90 Å². The van der Waals surface area contributed by atoms with Crippen molar-refractivity contribution in [2.45, 2.75) is 12.3 Å². The molecule has 0 unspecified atom stereocenters. The maximum atomic E-state index is 12.7. The summed E-state index contributed by atoms with van der Waals surface area (Å²) in [5, 5.41) is 10.2. The van der Waals surface area contributed by atoms with Gasteiger partial charge in [-0.3, -0.25) is 4.90 Å². The van der Waals surface area contributed by atoms with Gasteiger partial charge in [0.25, 0.3) is 0 Å². The Hall–Kier alpha value is -2.25. The number of hydrogen-bond donors (Lipinski definition) is 1. The van der Waals surface area contributed by atoms with Crippen LogP contribution >= 0.6 is 0 Å². The normalized spacial score (nSPS) is 17.0. The largest absolute Gasteiger partial charge is 0.491 e. The molecular weight excluding hydrogens is 357 g/mol. The van der Waals surface area contributed by atoms with Gasteiger partial charge in [0.05, 0.1) is 5.56 Å². The van der Waals surface area contributed by atoms with Gasteiger partial charge in [-0.15, -0.1) is 0 Å². The van der Waals surface area contributed by atoms with Crippen LogP contribution in [0.5, 0.6) is 5.75 Å². The summed E-state index contributed by atoms with van der Waals surface area (Å²) in [6.07, 6.45) is -5.17. The Morgan fingerprint density at radius 3 is 2.33 bits per heavy atom. The van der Waals surface area contributed by atoms with E-state index >= 15 is 0 Å². The molecular formula is C20H23F3N2O2. The highest BCUT2D eigenvalue weighted by Gasteiger charge is 2.30. The van der Waals surface area contributed by atoms with Gasteiger partial charge in [0.1, 0.15) is 18.5 Å². The Morgan fingerprint density at radius 2 is 1.67 bits per heavy atom. The molecule has 0 radical (unpaired) electrons. The van der Waals surface area contributed by atoms with Gasteiger partial charge in [-0.1, -0.05) is 24.3 Å². The van der Waals surface area contributed by atoms with Crippen molar-refractivity contribution in [2.24, 2.45) is 0 Å². The van der Waals surface area contributed by atoms with Crippen LogP contribution in [0.25, 0.3) is 0 Å². The summed E-state index contributed by atoms with van der Waals surface area (Å²) in [5.41, 5.74) is 0.428. The molecule has 3 rings (SSSR count). The number of aliphatic hydroxyl groups excluding tert-OH is 1. The van der Waals surface area contributed by atoms with Crippen LogP contribution in [0.2, 0.25) is 0 Å². The van der Waals surface area contributed by atoms with Crippen molar-refractivity contribution in [1.29, 1.82) is 0 Å². The average molecular weight is 380 g/mol. The maximum Gasteiger partial charge on any atom is 0.416 e. The number of benzene rings is 2. The second kappa shape index (κ2) is 8.63. The van der Waals surface area contributed by atoms with Crippen molar-refractivity contribution < 1.29 is 23.0 Å². The fourth-order valence-electron chi connectivity index (χ4n) is 3.13. The van der Waals surface area contributed by atoms with Gasteiger partial charge in [-0.25, -0.2) is 0 Å². The zero-order valence-electron chi connectivity index (χ0n) is 14.9. The molecule has 7 heteroatoms. The van der Waals surface area contributed by atoms with Crippen molar-refractivity contribution in [3.05, 3.63) is 60.2 Å². The van der Waals surface area contributed by atoms with Crippen LogP contribution in [-0.4, -0.2) is 55.4 Å². The number of alkyl halides is 3. The number of ether oxygens (including phenoxy) is 1. The molecule has 0 spiro atoms. The molecule has 4 nitrogen and oxygen atoms in total. The second-order valence-electron chi connectivity index (χ2n) is 6.61. The Kier molecular flexibility index (Phi) is 6.23. The summed E-state index contributed by atoms with van der Waals surface area (Å²) in [4.78, 5) is 4.43. The van der Waals surface area contributed by atoms with Gasteiger partial charge in [0.15, 0.2) is 0 Å². The van der Waals surface area contributed by atoms with E-state index in [1.807, 2.05) is 18.2 Å². The number of nitrogens with zero attached hydrogens (tertiary/aromatic N) is 2. The van der Waals surface area contributed by atoms with Gasteiger partial charge in [-0.05, 0) is 30.3 Å². The Morgan fingerprint density at radius 1 is 0.963 bits per heavy atom. The summed E-state index contributed by atoms with van der Waals surface area (Å²) in [7, 11) is 0. The van der Waals surface area contributed by atoms with Crippen molar-refractivity contribution >= 4 is 5.69 Å². The standard InChI is InChI=1S/C20H23F3N2O2/c21-20(22,23)16-5-4-8-19(13-16)27-15-18(26)14-24-9-11-25(12-10-24)17-6-2-1-3-7-17/h1-8,13,18,26H,9-12,14-15H2/t18-/m1/s1. The number of piperazine rings is 1. The first-order valence-electron chi connectivity index (χ1n) is 8.92. The van der Waals surface area contributed by atoms with E-state index < -0.39 is 17.8 Å². The lowest BCUT2D eigenvalue weighted by molar-refractivity contribution is -0.137. The van der Waals surface area contributed by atoms with Gasteiger partial charge < -0.3 is 14.7 Å². The minimum Gasteiger partial charge on any atom is -0.491 e. The van der Waals surface area contributed by atoms with Gasteiger partial charge in [0.2, 0.25) is 0 Å². The molecule has 1 saturated heterocycles. The van der Waals surface area contributed by atoms with Crippen LogP contribution < -0.4 is 9.64 Å². The van der Waals surface area contributed by atoms with Crippen LogP contribution in [0.4, 0.5) is 18.9 Å². The zero-order valence-corrected chi connectivity index (χ0v) is 14.9. The molecule has 0 saturated carbocycles. The molecule has 27 heavy (non-hydrogen) atoms. The summed E-state index contributed by atoms with van der Waals surface area (Å²) in [5.74, 6) is 0.109. The summed E-state index contributed by atoms with van der Waals surface area (Å²) >= 11 is 0. The van der Waals surface area contributed by atoms with Crippen LogP contribution in [0, 0.1) is 0 Å². The molecule has 1 fully saturated rings. The fourth-order valence-corrected chi connectivity index (χ4v) is 3.13. The van der Waals surface area contributed by atoms with E-state index in [0.29, 0.717) is 6.54 Å². The number of aliphatic hydroxyl groups is 1. The molecule has 1 heterocycles. The first-order valence-corrected chi connectivity index (χ1v) is 8.92. The van der Waals surface area contributed by atoms with Crippen molar-refractivity contribution in [3.8, 4) is 5.75 Å². The van der Waals surface area contributed by atoms with Crippen LogP contribution in [-0.2, 0) is 6.18 Å². The van der Waals surface area contributed by atoms with E-state index in [4.69, 9.17) is 4.74 Å². The lowest BCUT2D eigenvalue weighted by Crippen LogP contribution is -2.49. The summed E-state index contributed by atoms with van der Waals surface area (Å²) in [6, 6.07) is 14.9. The third kappa shape index (κ3) is 5.61. The van der Waals surface area contributed by atoms with Crippen molar-refractivity contribution in [3.63, 3.8) is 0 Å². The first-order chi connectivity index (χ1) is 12.9. The third-order valence-corrected chi connectivity index (χ3v) is 4.57. The quantitative estimate of drug-likeness (QED) is 0.835. The molecule has 2 aromatic rings. The SMILES string of the molecule is O[C@@H](COc1cccc(C(F)(F)F)c1)CN1CCN(c2ccccc2)CC1. The number of hydrogen-bond acceptors (Lipinski definition) is 4. The molecule has 1 atom stereocenters. The number of halogens is 3. The number of rotatable bonds is 6. The fraction of sp³-hybridized carbons (Fsp3) is 0.400. The van der Waals surface area contributed by atoms with E-state index in [2.05, 4.69) is 21.9 Å². The molecule has 1 aliphatic heterocycles. The average Bonchev–Trinajstić information content (AvgIpc) is 2.67. The topological polar surface area (TPSA) is 35.9 Å². The third-order valence-electron chi connectivity index (χ3n) is 4.57. The lowest BCUT2D eigenvalue weighted by atomic mass is 10.2. The first kappa shape index (κ1) is 19.5.